The van der Waals surface area contributed by atoms with Crippen LogP contribution < -0.4 is 10.6 Å². The second-order valence-corrected chi connectivity index (χ2v) is 4.46. The summed E-state index contributed by atoms with van der Waals surface area (Å²) >= 11 is 0. The average Bonchev–Trinajstić information content (AvgIpc) is 2.48. The Morgan fingerprint density at radius 1 is 1.25 bits per heavy atom. The molecule has 1 aromatic carbocycles. The lowest BCUT2D eigenvalue weighted by Crippen LogP contribution is -2.15. The fourth-order valence-electron chi connectivity index (χ4n) is 1.99. The number of anilines is 2. The lowest BCUT2D eigenvalue weighted by atomic mass is 10.1. The zero-order valence-corrected chi connectivity index (χ0v) is 11.8. The van der Waals surface area contributed by atoms with E-state index in [-0.39, 0.29) is 5.91 Å². The van der Waals surface area contributed by atoms with E-state index in [9.17, 15) is 4.79 Å². The number of rotatable bonds is 5. The Bertz CT molecular complexity index is 596. The van der Waals surface area contributed by atoms with Gasteiger partial charge in [0.15, 0.2) is 0 Å². The van der Waals surface area contributed by atoms with Crippen LogP contribution >= 0.6 is 0 Å². The van der Waals surface area contributed by atoms with Crippen molar-refractivity contribution in [2.45, 2.75) is 20.3 Å². The summed E-state index contributed by atoms with van der Waals surface area (Å²) in [6.07, 6.45) is 4.24. The third-order valence-electron chi connectivity index (χ3n) is 3.03. The Hall–Kier alpha value is -2.36. The number of carbonyl (C=O) groups is 1. The summed E-state index contributed by atoms with van der Waals surface area (Å²) in [4.78, 5) is 16.4. The molecule has 4 nitrogen and oxygen atoms in total. The van der Waals surface area contributed by atoms with Crippen molar-refractivity contribution < 1.29 is 4.79 Å². The number of hydrogen-bond donors (Lipinski definition) is 2. The van der Waals surface area contributed by atoms with Gasteiger partial charge >= 0.3 is 0 Å². The van der Waals surface area contributed by atoms with Gasteiger partial charge in [0.2, 0.25) is 0 Å². The van der Waals surface area contributed by atoms with E-state index < -0.39 is 0 Å². The van der Waals surface area contributed by atoms with Crippen LogP contribution in [-0.4, -0.2) is 17.4 Å². The van der Waals surface area contributed by atoms with Crippen molar-refractivity contribution in [3.63, 3.8) is 0 Å². The van der Waals surface area contributed by atoms with Gasteiger partial charge in [0.1, 0.15) is 0 Å². The highest BCUT2D eigenvalue weighted by Crippen LogP contribution is 2.17. The van der Waals surface area contributed by atoms with Crippen LogP contribution in [0.2, 0.25) is 0 Å². The van der Waals surface area contributed by atoms with E-state index in [1.54, 1.807) is 18.5 Å². The van der Waals surface area contributed by atoms with Crippen LogP contribution in [0.25, 0.3) is 0 Å². The summed E-state index contributed by atoms with van der Waals surface area (Å²) in [6, 6.07) is 9.60. The average molecular weight is 269 g/mol. The van der Waals surface area contributed by atoms with Gasteiger partial charge in [-0.05, 0) is 37.1 Å². The number of amides is 1. The molecule has 2 N–H and O–H groups in total. The van der Waals surface area contributed by atoms with Gasteiger partial charge in [-0.2, -0.15) is 0 Å². The molecule has 0 atom stereocenters. The maximum atomic E-state index is 12.3. The summed E-state index contributed by atoms with van der Waals surface area (Å²) in [7, 11) is 0. The number of benzene rings is 1. The predicted molar refractivity (Wildman–Crippen MR) is 82.2 cm³/mol. The molecule has 0 saturated carbocycles. The second-order valence-electron chi connectivity index (χ2n) is 4.46. The zero-order chi connectivity index (χ0) is 14.4. The summed E-state index contributed by atoms with van der Waals surface area (Å²) in [5, 5.41) is 6.07. The van der Waals surface area contributed by atoms with E-state index in [4.69, 9.17) is 0 Å². The van der Waals surface area contributed by atoms with Gasteiger partial charge in [0, 0.05) is 18.4 Å². The van der Waals surface area contributed by atoms with Crippen molar-refractivity contribution in [1.82, 2.24) is 4.98 Å². The van der Waals surface area contributed by atoms with Crippen LogP contribution in [0.3, 0.4) is 0 Å². The molecule has 0 bridgehead atoms. The quantitative estimate of drug-likeness (QED) is 0.875. The normalized spacial score (nSPS) is 10.1. The topological polar surface area (TPSA) is 54.0 Å². The standard InChI is InChI=1S/C16H19N3O/c1-3-12-6-5-7-13(10-12)19-16(20)14-8-9-17-11-15(14)18-4-2/h5-11,18H,3-4H2,1-2H3,(H,19,20). The first-order valence-electron chi connectivity index (χ1n) is 6.82. The van der Waals surface area contributed by atoms with Crippen LogP contribution in [0, 0.1) is 0 Å². The van der Waals surface area contributed by atoms with E-state index in [0.29, 0.717) is 5.56 Å². The molecule has 2 aromatic rings. The van der Waals surface area contributed by atoms with Crippen LogP contribution in [0.15, 0.2) is 42.7 Å². The van der Waals surface area contributed by atoms with Crippen LogP contribution in [-0.2, 0) is 6.42 Å². The smallest absolute Gasteiger partial charge is 0.257 e. The molecular formula is C16H19N3O. The van der Waals surface area contributed by atoms with E-state index >= 15 is 0 Å². The third-order valence-corrected chi connectivity index (χ3v) is 3.03. The number of aryl methyl sites for hydroxylation is 1. The maximum Gasteiger partial charge on any atom is 0.257 e. The number of nitrogens with one attached hydrogen (secondary N) is 2. The Labute approximate surface area is 119 Å². The van der Waals surface area contributed by atoms with Gasteiger partial charge in [-0.1, -0.05) is 19.1 Å². The molecule has 1 amide bonds. The lowest BCUT2D eigenvalue weighted by molar-refractivity contribution is 0.102. The molecule has 20 heavy (non-hydrogen) atoms. The summed E-state index contributed by atoms with van der Waals surface area (Å²) in [6.45, 7) is 4.82. The van der Waals surface area contributed by atoms with Crippen molar-refractivity contribution in [2.24, 2.45) is 0 Å². The molecule has 104 valence electrons. The predicted octanol–water partition coefficient (Wildman–Crippen LogP) is 3.33. The van der Waals surface area contributed by atoms with Crippen LogP contribution in [0.4, 0.5) is 11.4 Å². The first-order valence-corrected chi connectivity index (χ1v) is 6.82. The van der Waals surface area contributed by atoms with E-state index in [1.807, 2.05) is 31.2 Å². The fraction of sp³-hybridized carbons (Fsp3) is 0.250. The Balaban J connectivity index is 2.19. The molecule has 0 aliphatic heterocycles. The summed E-state index contributed by atoms with van der Waals surface area (Å²) in [5.74, 6) is -0.128. The molecule has 4 heteroatoms. The van der Waals surface area contributed by atoms with Gasteiger partial charge in [0.25, 0.3) is 5.91 Å². The second kappa shape index (κ2) is 6.70. The number of nitrogens with zero attached hydrogens (tertiary/aromatic N) is 1. The molecular weight excluding hydrogens is 250 g/mol. The molecule has 0 radical (unpaired) electrons. The highest BCUT2D eigenvalue weighted by Gasteiger charge is 2.11. The highest BCUT2D eigenvalue weighted by molar-refractivity contribution is 6.07. The number of aromatic nitrogens is 1. The zero-order valence-electron chi connectivity index (χ0n) is 11.8. The van der Waals surface area contributed by atoms with Crippen LogP contribution in [0.1, 0.15) is 29.8 Å². The molecule has 2 rings (SSSR count). The SMILES string of the molecule is CCNc1cnccc1C(=O)Nc1cccc(CC)c1. The van der Waals surface area contributed by atoms with Crippen molar-refractivity contribution in [2.75, 3.05) is 17.2 Å². The fourth-order valence-corrected chi connectivity index (χ4v) is 1.99. The molecule has 0 unspecified atom stereocenters. The van der Waals surface area contributed by atoms with Gasteiger partial charge < -0.3 is 10.6 Å². The number of hydrogen-bond acceptors (Lipinski definition) is 3. The van der Waals surface area contributed by atoms with Crippen molar-refractivity contribution in [3.8, 4) is 0 Å². The lowest BCUT2D eigenvalue weighted by Gasteiger charge is -2.11. The first kappa shape index (κ1) is 14.1. The number of pyridine rings is 1. The van der Waals surface area contributed by atoms with Crippen molar-refractivity contribution in [1.29, 1.82) is 0 Å². The summed E-state index contributed by atoms with van der Waals surface area (Å²) < 4.78 is 0. The largest absolute Gasteiger partial charge is 0.383 e. The molecule has 0 saturated heterocycles. The molecule has 1 heterocycles. The minimum atomic E-state index is -0.128. The summed E-state index contributed by atoms with van der Waals surface area (Å²) in [5.41, 5.74) is 3.36. The van der Waals surface area contributed by atoms with Gasteiger partial charge in [0.05, 0.1) is 17.4 Å². The Morgan fingerprint density at radius 3 is 2.85 bits per heavy atom. The van der Waals surface area contributed by atoms with Gasteiger partial charge in [-0.15, -0.1) is 0 Å². The van der Waals surface area contributed by atoms with Gasteiger partial charge in [-0.3, -0.25) is 9.78 Å². The molecule has 0 spiro atoms. The minimum absolute atomic E-state index is 0.128. The Morgan fingerprint density at radius 2 is 2.10 bits per heavy atom. The third kappa shape index (κ3) is 3.35. The van der Waals surface area contributed by atoms with E-state index in [0.717, 1.165) is 24.3 Å². The van der Waals surface area contributed by atoms with Crippen molar-refractivity contribution in [3.05, 3.63) is 53.9 Å². The van der Waals surface area contributed by atoms with Crippen molar-refractivity contribution >= 4 is 17.3 Å². The van der Waals surface area contributed by atoms with Gasteiger partial charge in [-0.25, -0.2) is 0 Å². The highest BCUT2D eigenvalue weighted by atomic mass is 16.1. The molecule has 0 aliphatic rings. The minimum Gasteiger partial charge on any atom is -0.383 e. The molecule has 0 fully saturated rings. The first-order chi connectivity index (χ1) is 9.74. The monoisotopic (exact) mass is 269 g/mol. The maximum absolute atomic E-state index is 12.3. The molecule has 1 aromatic heterocycles. The van der Waals surface area contributed by atoms with Crippen LogP contribution in [0.5, 0.6) is 0 Å². The molecule has 0 aliphatic carbocycles. The Kier molecular flexibility index (Phi) is 4.71. The van der Waals surface area contributed by atoms with E-state index in [2.05, 4.69) is 22.5 Å². The van der Waals surface area contributed by atoms with E-state index in [1.165, 1.54) is 5.56 Å². The number of carbonyl (C=O) groups excluding carboxylic acids is 1.